The summed E-state index contributed by atoms with van der Waals surface area (Å²) in [4.78, 5) is 5.20. The van der Waals surface area contributed by atoms with Crippen LogP contribution in [0.5, 0.6) is 11.5 Å². The molecule has 6 heteroatoms. The van der Waals surface area contributed by atoms with Crippen LogP contribution in [0.2, 0.25) is 10.0 Å². The molecular formula is C14H19Cl2NO3. The molecule has 0 radical (unpaired) electrons. The van der Waals surface area contributed by atoms with Crippen molar-refractivity contribution in [2.75, 3.05) is 6.61 Å². The molecular weight excluding hydrogens is 301 g/mol. The Balaban J connectivity index is 2.32. The minimum Gasteiger partial charge on any atom is -0.508 e. The van der Waals surface area contributed by atoms with E-state index < -0.39 is 0 Å². The Hall–Kier alpha value is -1.13. The summed E-state index contributed by atoms with van der Waals surface area (Å²) in [6.45, 7) is 6.25. The first kappa shape index (κ1) is 16.9. The van der Waals surface area contributed by atoms with Crippen LogP contribution in [0, 0.1) is 0 Å². The number of phenols is 1. The van der Waals surface area contributed by atoms with Crippen LogP contribution < -0.4 is 4.74 Å². The molecule has 0 aliphatic rings. The lowest BCUT2D eigenvalue weighted by molar-refractivity contribution is 0.00155. The van der Waals surface area contributed by atoms with Gasteiger partial charge in [-0.2, -0.15) is 0 Å². The topological polar surface area (TPSA) is 51.0 Å². The molecule has 112 valence electrons. The second-order valence-corrected chi connectivity index (χ2v) is 6.04. The van der Waals surface area contributed by atoms with E-state index in [0.717, 1.165) is 12.8 Å². The molecule has 0 saturated heterocycles. The van der Waals surface area contributed by atoms with Gasteiger partial charge in [0.1, 0.15) is 11.4 Å². The summed E-state index contributed by atoms with van der Waals surface area (Å²) >= 11 is 11.9. The van der Waals surface area contributed by atoms with Crippen LogP contribution >= 0.6 is 23.2 Å². The average Bonchev–Trinajstić information content (AvgIpc) is 2.29. The van der Waals surface area contributed by atoms with E-state index in [1.54, 1.807) is 6.21 Å². The molecule has 20 heavy (non-hydrogen) atoms. The standard InChI is InChI=1S/C14H19Cl2NO3/c1-14(2,3)20-17-6-4-5-7-19-13-11(15)8-10(18)9-12(13)16/h6,8-9,18H,4-5,7H2,1-3H3/b17-6+. The highest BCUT2D eigenvalue weighted by Gasteiger charge is 2.10. The number of halogens is 2. The van der Waals surface area contributed by atoms with Crippen LogP contribution in [0.4, 0.5) is 0 Å². The minimum absolute atomic E-state index is 0.0128. The van der Waals surface area contributed by atoms with Crippen molar-refractivity contribution in [3.05, 3.63) is 22.2 Å². The normalized spacial score (nSPS) is 11.8. The lowest BCUT2D eigenvalue weighted by atomic mass is 10.2. The van der Waals surface area contributed by atoms with Gasteiger partial charge < -0.3 is 14.7 Å². The number of ether oxygens (including phenoxy) is 1. The molecule has 0 fully saturated rings. The molecule has 0 bridgehead atoms. The molecule has 0 saturated carbocycles. The van der Waals surface area contributed by atoms with E-state index in [2.05, 4.69) is 5.16 Å². The summed E-state index contributed by atoms with van der Waals surface area (Å²) in [6.07, 6.45) is 3.18. The fourth-order valence-electron chi connectivity index (χ4n) is 1.28. The SMILES string of the molecule is CC(C)(C)O/N=C/CCCOc1c(Cl)cc(O)cc1Cl. The summed E-state index contributed by atoms with van der Waals surface area (Å²) in [5.41, 5.74) is -0.278. The Labute approximate surface area is 129 Å². The highest BCUT2D eigenvalue weighted by atomic mass is 35.5. The molecule has 1 N–H and O–H groups in total. The lowest BCUT2D eigenvalue weighted by Gasteiger charge is -2.14. The first-order valence-corrected chi connectivity index (χ1v) is 7.06. The van der Waals surface area contributed by atoms with Gasteiger partial charge in [-0.3, -0.25) is 0 Å². The summed E-state index contributed by atoms with van der Waals surface area (Å²) in [6, 6.07) is 2.78. The van der Waals surface area contributed by atoms with E-state index in [4.69, 9.17) is 32.8 Å². The molecule has 1 aromatic rings. The van der Waals surface area contributed by atoms with Crippen molar-refractivity contribution in [3.8, 4) is 11.5 Å². The maximum absolute atomic E-state index is 9.30. The van der Waals surface area contributed by atoms with Gasteiger partial charge in [0, 0.05) is 18.3 Å². The van der Waals surface area contributed by atoms with Crippen LogP contribution in [-0.2, 0) is 4.84 Å². The number of phenolic OH excluding ortho intramolecular Hbond substituents is 1. The first-order chi connectivity index (χ1) is 9.29. The van der Waals surface area contributed by atoms with E-state index in [1.807, 2.05) is 20.8 Å². The molecule has 0 atom stereocenters. The highest BCUT2D eigenvalue weighted by Crippen LogP contribution is 2.36. The molecule has 4 nitrogen and oxygen atoms in total. The van der Waals surface area contributed by atoms with Crippen molar-refractivity contribution in [1.82, 2.24) is 0 Å². The van der Waals surface area contributed by atoms with Crippen molar-refractivity contribution in [3.63, 3.8) is 0 Å². The maximum Gasteiger partial charge on any atom is 0.156 e. The molecule has 1 rings (SSSR count). The third-order valence-corrected chi connectivity index (χ3v) is 2.67. The second-order valence-electron chi connectivity index (χ2n) is 5.22. The quantitative estimate of drug-likeness (QED) is 0.471. The van der Waals surface area contributed by atoms with Crippen molar-refractivity contribution in [2.45, 2.75) is 39.2 Å². The van der Waals surface area contributed by atoms with Gasteiger partial charge in [-0.15, -0.1) is 0 Å². The Kier molecular flexibility index (Phi) is 6.43. The van der Waals surface area contributed by atoms with Gasteiger partial charge in [0.2, 0.25) is 0 Å². The predicted octanol–water partition coefficient (Wildman–Crippen LogP) is 4.66. The Morgan fingerprint density at radius 2 is 1.85 bits per heavy atom. The van der Waals surface area contributed by atoms with Crippen LogP contribution in [-0.4, -0.2) is 23.5 Å². The van der Waals surface area contributed by atoms with E-state index in [0.29, 0.717) is 22.4 Å². The number of rotatable bonds is 6. The zero-order chi connectivity index (χ0) is 15.2. The molecule has 0 aliphatic carbocycles. The molecule has 0 spiro atoms. The fourth-order valence-corrected chi connectivity index (χ4v) is 1.87. The van der Waals surface area contributed by atoms with Gasteiger partial charge in [0.25, 0.3) is 0 Å². The predicted molar refractivity (Wildman–Crippen MR) is 82.2 cm³/mol. The van der Waals surface area contributed by atoms with E-state index >= 15 is 0 Å². The van der Waals surface area contributed by atoms with Gasteiger partial charge >= 0.3 is 0 Å². The van der Waals surface area contributed by atoms with E-state index in [1.165, 1.54) is 12.1 Å². The highest BCUT2D eigenvalue weighted by molar-refractivity contribution is 6.37. The van der Waals surface area contributed by atoms with Gasteiger partial charge in [-0.1, -0.05) is 28.4 Å². The zero-order valence-electron chi connectivity index (χ0n) is 11.8. The fraction of sp³-hybridized carbons (Fsp3) is 0.500. The van der Waals surface area contributed by atoms with Crippen LogP contribution in [0.1, 0.15) is 33.6 Å². The summed E-state index contributed by atoms with van der Waals surface area (Å²) in [5, 5.41) is 13.7. The summed E-state index contributed by atoms with van der Waals surface area (Å²) in [5.74, 6) is 0.396. The third-order valence-electron chi connectivity index (χ3n) is 2.11. The van der Waals surface area contributed by atoms with Crippen LogP contribution in [0.15, 0.2) is 17.3 Å². The number of nitrogens with zero attached hydrogens (tertiary/aromatic N) is 1. The Morgan fingerprint density at radius 1 is 1.25 bits per heavy atom. The van der Waals surface area contributed by atoms with Gasteiger partial charge in [0.15, 0.2) is 5.75 Å². The summed E-state index contributed by atoms with van der Waals surface area (Å²) in [7, 11) is 0. The van der Waals surface area contributed by atoms with E-state index in [-0.39, 0.29) is 11.4 Å². The number of unbranched alkanes of at least 4 members (excludes halogenated alkanes) is 1. The van der Waals surface area contributed by atoms with Crippen molar-refractivity contribution >= 4 is 29.4 Å². The monoisotopic (exact) mass is 319 g/mol. The number of aromatic hydroxyl groups is 1. The first-order valence-electron chi connectivity index (χ1n) is 6.30. The maximum atomic E-state index is 9.30. The van der Waals surface area contributed by atoms with Crippen molar-refractivity contribution in [2.24, 2.45) is 5.16 Å². The van der Waals surface area contributed by atoms with Crippen molar-refractivity contribution in [1.29, 1.82) is 0 Å². The Morgan fingerprint density at radius 3 is 2.40 bits per heavy atom. The molecule has 0 aromatic heterocycles. The van der Waals surface area contributed by atoms with Gasteiger partial charge in [-0.25, -0.2) is 0 Å². The number of hydrogen-bond acceptors (Lipinski definition) is 4. The Bertz CT molecular complexity index is 447. The minimum atomic E-state index is -0.278. The number of hydrogen-bond donors (Lipinski definition) is 1. The second kappa shape index (κ2) is 7.60. The third kappa shape index (κ3) is 6.35. The van der Waals surface area contributed by atoms with Gasteiger partial charge in [0.05, 0.1) is 16.7 Å². The van der Waals surface area contributed by atoms with Crippen LogP contribution in [0.3, 0.4) is 0 Å². The van der Waals surface area contributed by atoms with Crippen molar-refractivity contribution < 1.29 is 14.7 Å². The molecule has 0 unspecified atom stereocenters. The zero-order valence-corrected chi connectivity index (χ0v) is 13.3. The van der Waals surface area contributed by atoms with E-state index in [9.17, 15) is 5.11 Å². The lowest BCUT2D eigenvalue weighted by Crippen LogP contribution is -2.15. The largest absolute Gasteiger partial charge is 0.508 e. The number of benzene rings is 1. The van der Waals surface area contributed by atoms with Crippen LogP contribution in [0.25, 0.3) is 0 Å². The molecule has 0 aliphatic heterocycles. The summed E-state index contributed by atoms with van der Waals surface area (Å²) < 4.78 is 5.49. The molecule has 0 heterocycles. The van der Waals surface area contributed by atoms with Gasteiger partial charge in [-0.05, 0) is 33.6 Å². The smallest absolute Gasteiger partial charge is 0.156 e. The molecule has 0 amide bonds. The average molecular weight is 320 g/mol. The number of oxime groups is 1. The molecule has 1 aromatic carbocycles.